The van der Waals surface area contributed by atoms with Gasteiger partial charge < -0.3 is 4.74 Å². The molecule has 0 spiro atoms. The first-order valence-electron chi connectivity index (χ1n) is 8.27. The summed E-state index contributed by atoms with van der Waals surface area (Å²) in [6.07, 6.45) is 7.30. The minimum absolute atomic E-state index is 0.107. The van der Waals surface area contributed by atoms with Crippen molar-refractivity contribution >= 4 is 11.8 Å². The molecule has 5 heteroatoms. The molecule has 1 aromatic carbocycles. The first-order chi connectivity index (χ1) is 11.2. The van der Waals surface area contributed by atoms with E-state index in [0.717, 1.165) is 44.7 Å². The van der Waals surface area contributed by atoms with Gasteiger partial charge in [0.15, 0.2) is 0 Å². The first-order valence-corrected chi connectivity index (χ1v) is 9.56. The standard InChI is InChI=1S/C18H25N3OS/c1-15(23-2)12-17-13-21(20-19-17)14-18(8-10-22-11-9-18)16-6-4-3-5-7-16/h3-7,13,15H,8-12,14H2,1-2H3/t15-/m0/s1. The van der Waals surface area contributed by atoms with Gasteiger partial charge in [-0.3, -0.25) is 4.68 Å². The molecule has 3 rings (SSSR count). The van der Waals surface area contributed by atoms with Crippen LogP contribution in [-0.2, 0) is 23.1 Å². The van der Waals surface area contributed by atoms with Crippen molar-refractivity contribution in [3.8, 4) is 0 Å². The summed E-state index contributed by atoms with van der Waals surface area (Å²) in [6.45, 7) is 4.74. The Kier molecular flexibility index (Phi) is 5.38. The Morgan fingerprint density at radius 1 is 1.26 bits per heavy atom. The lowest BCUT2D eigenvalue weighted by Crippen LogP contribution is -2.38. The van der Waals surface area contributed by atoms with Crippen molar-refractivity contribution < 1.29 is 4.74 Å². The van der Waals surface area contributed by atoms with Crippen LogP contribution in [0.5, 0.6) is 0 Å². The molecule has 0 N–H and O–H groups in total. The van der Waals surface area contributed by atoms with Crippen molar-refractivity contribution in [2.75, 3.05) is 19.5 Å². The molecule has 4 nitrogen and oxygen atoms in total. The Morgan fingerprint density at radius 2 is 2.00 bits per heavy atom. The molecular formula is C18H25N3OS. The summed E-state index contributed by atoms with van der Waals surface area (Å²) < 4.78 is 7.64. The molecule has 2 heterocycles. The van der Waals surface area contributed by atoms with E-state index >= 15 is 0 Å². The summed E-state index contributed by atoms with van der Waals surface area (Å²) in [5.41, 5.74) is 2.58. The number of aromatic nitrogens is 3. The molecule has 0 radical (unpaired) electrons. The molecule has 1 aliphatic rings. The van der Waals surface area contributed by atoms with Crippen molar-refractivity contribution in [1.82, 2.24) is 15.0 Å². The molecule has 2 aromatic rings. The molecule has 1 atom stereocenters. The van der Waals surface area contributed by atoms with Crippen molar-refractivity contribution in [3.05, 3.63) is 47.8 Å². The summed E-state index contributed by atoms with van der Waals surface area (Å²) in [5.74, 6) is 0. The number of hydrogen-bond acceptors (Lipinski definition) is 4. The van der Waals surface area contributed by atoms with Gasteiger partial charge in [-0.05, 0) is 24.7 Å². The lowest BCUT2D eigenvalue weighted by atomic mass is 9.74. The normalized spacial score (nSPS) is 18.7. The predicted molar refractivity (Wildman–Crippen MR) is 94.9 cm³/mol. The molecule has 1 aromatic heterocycles. The average Bonchev–Trinajstić information content (AvgIpc) is 3.03. The summed E-state index contributed by atoms with van der Waals surface area (Å²) in [7, 11) is 0. The van der Waals surface area contributed by atoms with Crippen LogP contribution in [0.1, 0.15) is 31.0 Å². The lowest BCUT2D eigenvalue weighted by molar-refractivity contribution is 0.0419. The van der Waals surface area contributed by atoms with Gasteiger partial charge in [-0.2, -0.15) is 11.8 Å². The van der Waals surface area contributed by atoms with E-state index < -0.39 is 0 Å². The molecule has 124 valence electrons. The minimum Gasteiger partial charge on any atom is -0.381 e. The number of rotatable bonds is 6. The van der Waals surface area contributed by atoms with E-state index in [1.54, 1.807) is 0 Å². The molecule has 0 unspecified atom stereocenters. The van der Waals surface area contributed by atoms with Gasteiger partial charge in [0.1, 0.15) is 0 Å². The number of thioether (sulfide) groups is 1. The first kappa shape index (κ1) is 16.5. The van der Waals surface area contributed by atoms with Gasteiger partial charge in [0, 0.05) is 36.5 Å². The number of nitrogens with zero attached hydrogens (tertiary/aromatic N) is 3. The predicted octanol–water partition coefficient (Wildman–Crippen LogP) is 3.32. The highest BCUT2D eigenvalue weighted by atomic mass is 32.2. The van der Waals surface area contributed by atoms with E-state index in [4.69, 9.17) is 4.74 Å². The summed E-state index contributed by atoms with van der Waals surface area (Å²) in [4.78, 5) is 0. The zero-order valence-electron chi connectivity index (χ0n) is 13.9. The molecule has 0 bridgehead atoms. The summed E-state index contributed by atoms with van der Waals surface area (Å²) in [5, 5.41) is 9.32. The lowest BCUT2D eigenvalue weighted by Gasteiger charge is -2.37. The third-order valence-electron chi connectivity index (χ3n) is 4.79. The third-order valence-corrected chi connectivity index (χ3v) is 5.76. The highest BCUT2D eigenvalue weighted by Gasteiger charge is 2.35. The van der Waals surface area contributed by atoms with Crippen LogP contribution in [0.3, 0.4) is 0 Å². The second-order valence-electron chi connectivity index (χ2n) is 6.42. The minimum atomic E-state index is 0.107. The maximum absolute atomic E-state index is 5.61. The van der Waals surface area contributed by atoms with E-state index in [2.05, 4.69) is 60.0 Å². The Labute approximate surface area is 142 Å². The molecule has 1 saturated heterocycles. The van der Waals surface area contributed by atoms with Gasteiger partial charge >= 0.3 is 0 Å². The Morgan fingerprint density at radius 3 is 2.70 bits per heavy atom. The fourth-order valence-corrected chi connectivity index (χ4v) is 3.63. The van der Waals surface area contributed by atoms with Gasteiger partial charge in [-0.1, -0.05) is 42.5 Å². The molecular weight excluding hydrogens is 306 g/mol. The van der Waals surface area contributed by atoms with E-state index in [1.165, 1.54) is 5.56 Å². The molecule has 0 amide bonds. The van der Waals surface area contributed by atoms with Crippen LogP contribution in [0.15, 0.2) is 36.5 Å². The van der Waals surface area contributed by atoms with Gasteiger partial charge in [-0.25, -0.2) is 0 Å². The Hall–Kier alpha value is -1.33. The largest absolute Gasteiger partial charge is 0.381 e. The summed E-state index contributed by atoms with van der Waals surface area (Å²) in [6, 6.07) is 10.8. The van der Waals surface area contributed by atoms with Gasteiger partial charge in [0.05, 0.1) is 12.2 Å². The zero-order chi connectivity index (χ0) is 16.1. The van der Waals surface area contributed by atoms with Crippen molar-refractivity contribution in [2.24, 2.45) is 0 Å². The zero-order valence-corrected chi connectivity index (χ0v) is 14.8. The maximum atomic E-state index is 5.61. The quantitative estimate of drug-likeness (QED) is 0.814. The molecule has 0 saturated carbocycles. The Bertz CT molecular complexity index is 608. The SMILES string of the molecule is CS[C@@H](C)Cc1cn(CC2(c3ccccc3)CCOCC2)nn1. The monoisotopic (exact) mass is 331 g/mol. The second kappa shape index (κ2) is 7.49. The number of benzene rings is 1. The van der Waals surface area contributed by atoms with Crippen LogP contribution in [0.4, 0.5) is 0 Å². The maximum Gasteiger partial charge on any atom is 0.0838 e. The molecule has 0 aliphatic carbocycles. The molecule has 1 fully saturated rings. The highest BCUT2D eigenvalue weighted by molar-refractivity contribution is 7.99. The molecule has 23 heavy (non-hydrogen) atoms. The average molecular weight is 331 g/mol. The van der Waals surface area contributed by atoms with Gasteiger partial charge in [0.25, 0.3) is 0 Å². The third kappa shape index (κ3) is 3.96. The number of hydrogen-bond donors (Lipinski definition) is 0. The van der Waals surface area contributed by atoms with Crippen LogP contribution in [-0.4, -0.2) is 39.7 Å². The van der Waals surface area contributed by atoms with Crippen molar-refractivity contribution in [1.29, 1.82) is 0 Å². The van der Waals surface area contributed by atoms with Crippen LogP contribution in [0.2, 0.25) is 0 Å². The van der Waals surface area contributed by atoms with E-state index in [0.29, 0.717) is 5.25 Å². The van der Waals surface area contributed by atoms with E-state index in [-0.39, 0.29) is 5.41 Å². The van der Waals surface area contributed by atoms with Gasteiger partial charge in [-0.15, -0.1) is 5.10 Å². The summed E-state index contributed by atoms with van der Waals surface area (Å²) >= 11 is 1.87. The fraction of sp³-hybridized carbons (Fsp3) is 0.556. The topological polar surface area (TPSA) is 39.9 Å². The van der Waals surface area contributed by atoms with Crippen LogP contribution in [0.25, 0.3) is 0 Å². The van der Waals surface area contributed by atoms with Crippen LogP contribution < -0.4 is 0 Å². The fourth-order valence-electron chi connectivity index (χ4n) is 3.29. The van der Waals surface area contributed by atoms with Crippen molar-refractivity contribution in [3.63, 3.8) is 0 Å². The molecule has 1 aliphatic heterocycles. The van der Waals surface area contributed by atoms with Crippen LogP contribution in [0, 0.1) is 0 Å². The van der Waals surface area contributed by atoms with Crippen LogP contribution >= 0.6 is 11.8 Å². The second-order valence-corrected chi connectivity index (χ2v) is 7.69. The Balaban J connectivity index is 1.79. The van der Waals surface area contributed by atoms with E-state index in [1.807, 2.05) is 16.4 Å². The van der Waals surface area contributed by atoms with Crippen molar-refractivity contribution in [2.45, 2.75) is 43.4 Å². The van der Waals surface area contributed by atoms with E-state index in [9.17, 15) is 0 Å². The number of ether oxygens (including phenoxy) is 1. The highest BCUT2D eigenvalue weighted by Crippen LogP contribution is 2.36. The smallest absolute Gasteiger partial charge is 0.0838 e. The van der Waals surface area contributed by atoms with Gasteiger partial charge in [0.2, 0.25) is 0 Å².